The number of aryl methyl sites for hydroxylation is 1. The topological polar surface area (TPSA) is 86.8 Å². The maximum atomic E-state index is 14.2. The summed E-state index contributed by atoms with van der Waals surface area (Å²) < 4.78 is 28.0. The number of anilines is 1. The molecule has 3 rings (SSSR count). The Morgan fingerprint density at radius 1 is 0.925 bits per heavy atom. The van der Waals surface area contributed by atoms with E-state index >= 15 is 0 Å². The monoisotopic (exact) mass is 627 g/mol. The van der Waals surface area contributed by atoms with Gasteiger partial charge in [-0.1, -0.05) is 90.4 Å². The number of carbonyl (C=O) groups excluding carboxylic acids is 2. The number of nitrogens with zero attached hydrogens (tertiary/aromatic N) is 2. The summed E-state index contributed by atoms with van der Waals surface area (Å²) in [5.41, 5.74) is 2.99. The van der Waals surface area contributed by atoms with E-state index in [2.05, 4.69) is 21.2 Å². The van der Waals surface area contributed by atoms with E-state index in [0.717, 1.165) is 38.1 Å². The molecule has 214 valence electrons. The van der Waals surface area contributed by atoms with Crippen LogP contribution in [0.15, 0.2) is 83.3 Å². The third kappa shape index (κ3) is 8.66. The number of para-hydroxylation sites is 1. The third-order valence-corrected chi connectivity index (χ3v) is 8.45. The van der Waals surface area contributed by atoms with Crippen molar-refractivity contribution in [3.05, 3.63) is 100 Å². The summed E-state index contributed by atoms with van der Waals surface area (Å²) in [5, 5.41) is 3.04. The normalized spacial score (nSPS) is 12.8. The highest BCUT2D eigenvalue weighted by molar-refractivity contribution is 9.10. The first-order valence-corrected chi connectivity index (χ1v) is 16.1. The van der Waals surface area contributed by atoms with Crippen molar-refractivity contribution in [2.45, 2.75) is 58.7 Å². The van der Waals surface area contributed by atoms with Crippen molar-refractivity contribution in [1.29, 1.82) is 0 Å². The molecule has 0 radical (unpaired) electrons. The first-order valence-electron chi connectivity index (χ1n) is 13.5. The van der Waals surface area contributed by atoms with E-state index in [4.69, 9.17) is 0 Å². The van der Waals surface area contributed by atoms with Crippen LogP contribution in [0.2, 0.25) is 0 Å². The fourth-order valence-electron chi connectivity index (χ4n) is 4.47. The number of nitrogens with one attached hydrogen (secondary N) is 1. The number of halogens is 1. The Morgan fingerprint density at radius 2 is 1.57 bits per heavy atom. The molecule has 3 aromatic carbocycles. The largest absolute Gasteiger partial charge is 0.352 e. The molecule has 9 heteroatoms. The van der Waals surface area contributed by atoms with Crippen molar-refractivity contribution in [3.8, 4) is 0 Å². The quantitative estimate of drug-likeness (QED) is 0.277. The molecule has 3 aromatic rings. The van der Waals surface area contributed by atoms with E-state index in [9.17, 15) is 18.0 Å². The first-order chi connectivity index (χ1) is 19.0. The Bertz CT molecular complexity index is 1400. The van der Waals surface area contributed by atoms with Crippen LogP contribution in [0.5, 0.6) is 0 Å². The molecule has 0 saturated carbocycles. The number of rotatable bonds is 13. The SMILES string of the molecule is CCc1ccccc1N(CC(=O)N(Cc1cccc(Br)c1)[C@H](Cc1ccccc1)C(=O)N[C@H](C)CC)S(C)(=O)=O. The second-order valence-corrected chi connectivity index (χ2v) is 12.7. The Morgan fingerprint density at radius 3 is 2.20 bits per heavy atom. The molecule has 2 atom stereocenters. The summed E-state index contributed by atoms with van der Waals surface area (Å²) in [5.74, 6) is -0.738. The van der Waals surface area contributed by atoms with Crippen LogP contribution in [-0.2, 0) is 39.0 Å². The molecule has 0 saturated heterocycles. The number of amides is 2. The zero-order valence-corrected chi connectivity index (χ0v) is 25.9. The van der Waals surface area contributed by atoms with Crippen LogP contribution in [0.25, 0.3) is 0 Å². The lowest BCUT2D eigenvalue weighted by Gasteiger charge is -2.34. The molecule has 1 N–H and O–H groups in total. The molecule has 0 aromatic heterocycles. The molecule has 0 bridgehead atoms. The second-order valence-electron chi connectivity index (χ2n) is 9.93. The summed E-state index contributed by atoms with van der Waals surface area (Å²) in [4.78, 5) is 29.4. The van der Waals surface area contributed by atoms with Crippen molar-refractivity contribution in [2.75, 3.05) is 17.1 Å². The van der Waals surface area contributed by atoms with Crippen LogP contribution < -0.4 is 9.62 Å². The van der Waals surface area contributed by atoms with E-state index < -0.39 is 28.5 Å². The lowest BCUT2D eigenvalue weighted by atomic mass is 10.0. The molecular weight excluding hydrogens is 590 g/mol. The van der Waals surface area contributed by atoms with Crippen LogP contribution in [0, 0.1) is 0 Å². The molecule has 7 nitrogen and oxygen atoms in total. The van der Waals surface area contributed by atoms with Gasteiger partial charge in [-0.05, 0) is 54.7 Å². The van der Waals surface area contributed by atoms with E-state index in [1.807, 2.05) is 87.5 Å². The maximum absolute atomic E-state index is 14.2. The zero-order chi connectivity index (χ0) is 29.3. The number of sulfonamides is 1. The Balaban J connectivity index is 2.08. The molecule has 0 heterocycles. The zero-order valence-electron chi connectivity index (χ0n) is 23.5. The van der Waals surface area contributed by atoms with Gasteiger partial charge in [0.2, 0.25) is 21.8 Å². The van der Waals surface area contributed by atoms with Gasteiger partial charge in [0.25, 0.3) is 0 Å². The maximum Gasteiger partial charge on any atom is 0.244 e. The van der Waals surface area contributed by atoms with Crippen molar-refractivity contribution in [2.24, 2.45) is 0 Å². The highest BCUT2D eigenvalue weighted by atomic mass is 79.9. The summed E-state index contributed by atoms with van der Waals surface area (Å²) in [7, 11) is -3.81. The van der Waals surface area contributed by atoms with Crippen LogP contribution in [0.3, 0.4) is 0 Å². The van der Waals surface area contributed by atoms with Crippen LogP contribution in [-0.4, -0.2) is 50.0 Å². The van der Waals surface area contributed by atoms with Gasteiger partial charge in [-0.2, -0.15) is 0 Å². The minimum Gasteiger partial charge on any atom is -0.352 e. The van der Waals surface area contributed by atoms with E-state index in [1.54, 1.807) is 12.1 Å². The van der Waals surface area contributed by atoms with Crippen molar-refractivity contribution in [3.63, 3.8) is 0 Å². The molecule has 0 aliphatic heterocycles. The molecule has 0 aliphatic rings. The standard InChI is InChI=1S/C31H38BrN3O4S/c1-5-23(3)33-31(37)29(20-24-13-8-7-9-14-24)34(21-25-15-12-17-27(32)19-25)30(36)22-35(40(4,38)39)28-18-11-10-16-26(28)6-2/h7-19,23,29H,5-6,20-22H2,1-4H3,(H,33,37)/t23-,29-/m1/s1. The van der Waals surface area contributed by atoms with Gasteiger partial charge in [0, 0.05) is 23.5 Å². The Kier molecular flexibility index (Phi) is 11.3. The highest BCUT2D eigenvalue weighted by Gasteiger charge is 2.33. The smallest absolute Gasteiger partial charge is 0.244 e. The van der Waals surface area contributed by atoms with Gasteiger partial charge in [0.05, 0.1) is 11.9 Å². The number of hydrogen-bond donors (Lipinski definition) is 1. The van der Waals surface area contributed by atoms with E-state index in [1.165, 1.54) is 4.90 Å². The van der Waals surface area contributed by atoms with Gasteiger partial charge in [-0.25, -0.2) is 8.42 Å². The number of hydrogen-bond acceptors (Lipinski definition) is 4. The van der Waals surface area contributed by atoms with E-state index in [-0.39, 0.29) is 24.9 Å². The third-order valence-electron chi connectivity index (χ3n) is 6.83. The highest BCUT2D eigenvalue weighted by Crippen LogP contribution is 2.25. The lowest BCUT2D eigenvalue weighted by molar-refractivity contribution is -0.140. The van der Waals surface area contributed by atoms with Gasteiger partial charge in [0.1, 0.15) is 12.6 Å². The number of carbonyl (C=O) groups is 2. The Labute approximate surface area is 246 Å². The first kappa shape index (κ1) is 31.4. The van der Waals surface area contributed by atoms with Gasteiger partial charge < -0.3 is 10.2 Å². The molecule has 2 amide bonds. The summed E-state index contributed by atoms with van der Waals surface area (Å²) in [6.45, 7) is 5.56. The van der Waals surface area contributed by atoms with Gasteiger partial charge in [-0.15, -0.1) is 0 Å². The average molecular weight is 629 g/mol. The fraction of sp³-hybridized carbons (Fsp3) is 0.355. The fourth-order valence-corrected chi connectivity index (χ4v) is 5.80. The summed E-state index contributed by atoms with van der Waals surface area (Å²) in [6, 6.07) is 23.3. The van der Waals surface area contributed by atoms with Crippen LogP contribution in [0.1, 0.15) is 43.9 Å². The molecular formula is C31H38BrN3O4S. The van der Waals surface area contributed by atoms with E-state index in [0.29, 0.717) is 12.1 Å². The molecule has 0 unspecified atom stereocenters. The molecule has 40 heavy (non-hydrogen) atoms. The predicted octanol–water partition coefficient (Wildman–Crippen LogP) is 5.33. The van der Waals surface area contributed by atoms with Gasteiger partial charge in [-0.3, -0.25) is 13.9 Å². The Hall–Kier alpha value is -3.17. The van der Waals surface area contributed by atoms with Crippen LogP contribution in [0.4, 0.5) is 5.69 Å². The van der Waals surface area contributed by atoms with Gasteiger partial charge >= 0.3 is 0 Å². The predicted molar refractivity (Wildman–Crippen MR) is 165 cm³/mol. The summed E-state index contributed by atoms with van der Waals surface area (Å²) in [6.07, 6.45) is 2.72. The minimum absolute atomic E-state index is 0.0856. The van der Waals surface area contributed by atoms with Crippen LogP contribution >= 0.6 is 15.9 Å². The van der Waals surface area contributed by atoms with Crippen molar-refractivity contribution in [1.82, 2.24) is 10.2 Å². The van der Waals surface area contributed by atoms with Gasteiger partial charge in [0.15, 0.2) is 0 Å². The van der Waals surface area contributed by atoms with Crippen molar-refractivity contribution >= 4 is 43.5 Å². The number of benzene rings is 3. The minimum atomic E-state index is -3.81. The molecule has 0 fully saturated rings. The lowest BCUT2D eigenvalue weighted by Crippen LogP contribution is -2.54. The molecule has 0 aliphatic carbocycles. The average Bonchev–Trinajstić information content (AvgIpc) is 2.93. The summed E-state index contributed by atoms with van der Waals surface area (Å²) >= 11 is 3.49. The van der Waals surface area contributed by atoms with Crippen molar-refractivity contribution < 1.29 is 18.0 Å². The molecule has 0 spiro atoms. The second kappa shape index (κ2) is 14.5.